The fourth-order valence-corrected chi connectivity index (χ4v) is 1.50. The zero-order chi connectivity index (χ0) is 11.5. The highest BCUT2D eigenvalue weighted by Gasteiger charge is 2.12. The molecule has 1 atom stereocenters. The van der Waals surface area contributed by atoms with Crippen LogP contribution < -0.4 is 4.74 Å². The van der Waals surface area contributed by atoms with Gasteiger partial charge in [-0.05, 0) is 29.8 Å². The summed E-state index contributed by atoms with van der Waals surface area (Å²) >= 11 is 0. The Balaban J connectivity index is 2.29. The number of rotatable bonds is 3. The molecule has 16 heavy (non-hydrogen) atoms. The van der Waals surface area contributed by atoms with Gasteiger partial charge < -0.3 is 9.84 Å². The summed E-state index contributed by atoms with van der Waals surface area (Å²) in [4.78, 5) is 10.6. The molecule has 2 aromatic carbocycles. The maximum atomic E-state index is 10.6. The van der Waals surface area contributed by atoms with Crippen LogP contribution in [0.2, 0.25) is 0 Å². The molecule has 0 aliphatic carbocycles. The molecule has 3 nitrogen and oxygen atoms in total. The van der Waals surface area contributed by atoms with Gasteiger partial charge in [-0.15, -0.1) is 0 Å². The average Bonchev–Trinajstić information content (AvgIpc) is 2.28. The number of fused-ring (bicyclic) bond motifs is 1. The van der Waals surface area contributed by atoms with Crippen molar-refractivity contribution in [3.8, 4) is 5.75 Å². The fraction of sp³-hybridized carbons (Fsp3) is 0.154. The highest BCUT2D eigenvalue weighted by atomic mass is 16.5. The first-order valence-electron chi connectivity index (χ1n) is 5.05. The van der Waals surface area contributed by atoms with Gasteiger partial charge in [0.25, 0.3) is 0 Å². The lowest BCUT2D eigenvalue weighted by atomic mass is 10.1. The molecule has 0 amide bonds. The topological polar surface area (TPSA) is 46.5 Å². The molecule has 0 bridgehead atoms. The third kappa shape index (κ3) is 2.14. The minimum Gasteiger partial charge on any atom is -0.479 e. The SMILES string of the molecule is CC(Oc1ccc2ccccc2c1)C(=O)O. The monoisotopic (exact) mass is 216 g/mol. The predicted molar refractivity (Wildman–Crippen MR) is 61.7 cm³/mol. The quantitative estimate of drug-likeness (QED) is 0.858. The first-order chi connectivity index (χ1) is 7.66. The van der Waals surface area contributed by atoms with Crippen LogP contribution in [0.15, 0.2) is 42.5 Å². The number of hydrogen-bond acceptors (Lipinski definition) is 2. The Morgan fingerprint density at radius 2 is 1.88 bits per heavy atom. The number of ether oxygens (including phenoxy) is 1. The van der Waals surface area contributed by atoms with E-state index in [1.165, 1.54) is 6.92 Å². The van der Waals surface area contributed by atoms with Crippen molar-refractivity contribution < 1.29 is 14.6 Å². The lowest BCUT2D eigenvalue weighted by Crippen LogP contribution is -2.22. The number of carboxylic acids is 1. The van der Waals surface area contributed by atoms with E-state index >= 15 is 0 Å². The number of aliphatic carboxylic acids is 1. The summed E-state index contributed by atoms with van der Waals surface area (Å²) in [6.45, 7) is 1.51. The Morgan fingerprint density at radius 1 is 1.19 bits per heavy atom. The zero-order valence-corrected chi connectivity index (χ0v) is 8.88. The minimum absolute atomic E-state index is 0.577. The number of carbonyl (C=O) groups is 1. The molecule has 1 N–H and O–H groups in total. The summed E-state index contributed by atoms with van der Waals surface area (Å²) in [6.07, 6.45) is -0.832. The Morgan fingerprint density at radius 3 is 2.56 bits per heavy atom. The summed E-state index contributed by atoms with van der Waals surface area (Å²) < 4.78 is 5.28. The largest absolute Gasteiger partial charge is 0.479 e. The van der Waals surface area contributed by atoms with Crippen LogP contribution >= 0.6 is 0 Å². The second-order valence-corrected chi connectivity index (χ2v) is 3.61. The van der Waals surface area contributed by atoms with Gasteiger partial charge in [0.2, 0.25) is 0 Å². The Labute approximate surface area is 93.3 Å². The van der Waals surface area contributed by atoms with Gasteiger partial charge >= 0.3 is 5.97 Å². The molecule has 0 aliphatic heterocycles. The van der Waals surface area contributed by atoms with E-state index in [9.17, 15) is 4.79 Å². The maximum absolute atomic E-state index is 10.6. The van der Waals surface area contributed by atoms with Crippen molar-refractivity contribution in [1.29, 1.82) is 0 Å². The second kappa shape index (κ2) is 4.23. The molecule has 0 radical (unpaired) electrons. The molecule has 0 heterocycles. The fourth-order valence-electron chi connectivity index (χ4n) is 1.50. The van der Waals surface area contributed by atoms with Crippen LogP contribution in [0, 0.1) is 0 Å². The predicted octanol–water partition coefficient (Wildman–Crippen LogP) is 2.69. The van der Waals surface area contributed by atoms with E-state index in [1.807, 2.05) is 36.4 Å². The van der Waals surface area contributed by atoms with Crippen LogP contribution in [0.5, 0.6) is 5.75 Å². The van der Waals surface area contributed by atoms with E-state index in [2.05, 4.69) is 0 Å². The normalized spacial score (nSPS) is 12.3. The number of carboxylic acid groups (broad SMARTS) is 1. The van der Waals surface area contributed by atoms with Gasteiger partial charge in [-0.1, -0.05) is 30.3 Å². The Bertz CT molecular complexity index is 519. The summed E-state index contributed by atoms with van der Waals surface area (Å²) in [6, 6.07) is 13.4. The summed E-state index contributed by atoms with van der Waals surface area (Å²) in [5, 5.41) is 10.9. The van der Waals surface area contributed by atoms with Crippen molar-refractivity contribution in [2.24, 2.45) is 0 Å². The van der Waals surface area contributed by atoms with E-state index in [4.69, 9.17) is 9.84 Å². The van der Waals surface area contributed by atoms with Gasteiger partial charge in [0.05, 0.1) is 0 Å². The van der Waals surface area contributed by atoms with Crippen LogP contribution in [0.4, 0.5) is 0 Å². The van der Waals surface area contributed by atoms with Crippen molar-refractivity contribution in [2.45, 2.75) is 13.0 Å². The molecule has 0 fully saturated rings. The molecule has 2 rings (SSSR count). The summed E-state index contributed by atoms with van der Waals surface area (Å²) in [5.41, 5.74) is 0. The first-order valence-corrected chi connectivity index (χ1v) is 5.05. The van der Waals surface area contributed by atoms with Crippen molar-refractivity contribution in [3.05, 3.63) is 42.5 Å². The van der Waals surface area contributed by atoms with Gasteiger partial charge in [0.1, 0.15) is 5.75 Å². The molecule has 1 unspecified atom stereocenters. The Kier molecular flexibility index (Phi) is 2.77. The lowest BCUT2D eigenvalue weighted by molar-refractivity contribution is -0.144. The van der Waals surface area contributed by atoms with Gasteiger partial charge in [-0.3, -0.25) is 0 Å². The highest BCUT2D eigenvalue weighted by molar-refractivity contribution is 5.83. The molecule has 0 aliphatic rings. The minimum atomic E-state index is -0.965. The van der Waals surface area contributed by atoms with E-state index < -0.39 is 12.1 Å². The maximum Gasteiger partial charge on any atom is 0.344 e. The summed E-state index contributed by atoms with van der Waals surface area (Å²) in [5.74, 6) is -0.387. The molecule has 0 spiro atoms. The van der Waals surface area contributed by atoms with Crippen LogP contribution in [-0.4, -0.2) is 17.2 Å². The summed E-state index contributed by atoms with van der Waals surface area (Å²) in [7, 11) is 0. The van der Waals surface area contributed by atoms with Crippen molar-refractivity contribution in [1.82, 2.24) is 0 Å². The third-order valence-electron chi connectivity index (χ3n) is 2.38. The van der Waals surface area contributed by atoms with E-state index in [0.717, 1.165) is 10.8 Å². The third-order valence-corrected chi connectivity index (χ3v) is 2.38. The van der Waals surface area contributed by atoms with E-state index in [-0.39, 0.29) is 0 Å². The van der Waals surface area contributed by atoms with Crippen LogP contribution in [0.25, 0.3) is 10.8 Å². The molecule has 0 saturated heterocycles. The Hall–Kier alpha value is -2.03. The van der Waals surface area contributed by atoms with Crippen molar-refractivity contribution >= 4 is 16.7 Å². The second-order valence-electron chi connectivity index (χ2n) is 3.61. The van der Waals surface area contributed by atoms with Gasteiger partial charge in [0, 0.05) is 0 Å². The smallest absolute Gasteiger partial charge is 0.344 e. The van der Waals surface area contributed by atoms with Crippen molar-refractivity contribution in [3.63, 3.8) is 0 Å². The lowest BCUT2D eigenvalue weighted by Gasteiger charge is -2.10. The zero-order valence-electron chi connectivity index (χ0n) is 8.88. The standard InChI is InChI=1S/C13H12O3/c1-9(13(14)15)16-12-7-6-10-4-2-3-5-11(10)8-12/h2-9H,1H3,(H,14,15). The van der Waals surface area contributed by atoms with Crippen LogP contribution in [0.3, 0.4) is 0 Å². The van der Waals surface area contributed by atoms with Gasteiger partial charge in [-0.2, -0.15) is 0 Å². The first kappa shape index (κ1) is 10.5. The molecule has 3 heteroatoms. The number of hydrogen-bond donors (Lipinski definition) is 1. The average molecular weight is 216 g/mol. The van der Waals surface area contributed by atoms with Gasteiger partial charge in [-0.25, -0.2) is 4.79 Å². The molecule has 0 aromatic heterocycles. The molecule has 0 saturated carbocycles. The van der Waals surface area contributed by atoms with Gasteiger partial charge in [0.15, 0.2) is 6.10 Å². The van der Waals surface area contributed by atoms with Crippen molar-refractivity contribution in [2.75, 3.05) is 0 Å². The van der Waals surface area contributed by atoms with Crippen LogP contribution in [-0.2, 0) is 4.79 Å². The van der Waals surface area contributed by atoms with E-state index in [1.54, 1.807) is 6.07 Å². The highest BCUT2D eigenvalue weighted by Crippen LogP contribution is 2.21. The van der Waals surface area contributed by atoms with Crippen LogP contribution in [0.1, 0.15) is 6.92 Å². The number of benzene rings is 2. The van der Waals surface area contributed by atoms with E-state index in [0.29, 0.717) is 5.75 Å². The molecular formula is C13H12O3. The molecule has 82 valence electrons. The molecule has 2 aromatic rings. The molecular weight excluding hydrogens is 204 g/mol.